The number of methoxy groups -OCH3 is 2. The van der Waals surface area contributed by atoms with Crippen molar-refractivity contribution >= 4 is 38.5 Å². The molecule has 1 aromatic heterocycles. The molecule has 0 radical (unpaired) electrons. The van der Waals surface area contributed by atoms with Crippen LogP contribution in [0.2, 0.25) is 0 Å². The number of benzene rings is 1. The van der Waals surface area contributed by atoms with E-state index in [0.29, 0.717) is 41.5 Å². The second kappa shape index (κ2) is 13.0. The number of nitrogens with one attached hydrogen (secondary N) is 2. The molecule has 254 valence electrons. The van der Waals surface area contributed by atoms with E-state index in [9.17, 15) is 22.8 Å². The number of fused-ring (bicyclic) bond motifs is 3. The van der Waals surface area contributed by atoms with Crippen molar-refractivity contribution in [2.24, 2.45) is 17.8 Å². The second-order valence-corrected chi connectivity index (χ2v) is 15.6. The van der Waals surface area contributed by atoms with Gasteiger partial charge in [-0.15, -0.1) is 0 Å². The van der Waals surface area contributed by atoms with Gasteiger partial charge < -0.3 is 24.4 Å². The molecule has 3 fully saturated rings. The summed E-state index contributed by atoms with van der Waals surface area (Å²) in [6.07, 6.45) is 9.30. The molecule has 6 atom stereocenters. The molecule has 2 N–H and O–H groups in total. The Bertz CT molecular complexity index is 1690. The highest BCUT2D eigenvalue weighted by Gasteiger charge is 2.62. The van der Waals surface area contributed by atoms with E-state index in [1.807, 2.05) is 24.3 Å². The molecule has 0 spiro atoms. The quantitative estimate of drug-likeness (QED) is 0.422. The molecule has 2 aromatic rings. The third-order valence-electron chi connectivity index (χ3n) is 9.88. The van der Waals surface area contributed by atoms with Gasteiger partial charge in [0.15, 0.2) is 11.5 Å². The van der Waals surface area contributed by atoms with Gasteiger partial charge in [-0.3, -0.25) is 19.1 Å². The Balaban J connectivity index is 1.28. The molecule has 3 amide bonds. The summed E-state index contributed by atoms with van der Waals surface area (Å²) in [5, 5.41) is 3.84. The number of carbonyl (C=O) groups is 3. The molecular weight excluding hydrogens is 624 g/mol. The fraction of sp³-hybridized carbons (Fsp3) is 0.588. The number of allylic oxidation sites excluding steroid dienone is 1. The van der Waals surface area contributed by atoms with E-state index in [2.05, 4.69) is 28.9 Å². The summed E-state index contributed by atoms with van der Waals surface area (Å²) in [6, 6.07) is 4.53. The Hall–Kier alpha value is -3.87. The van der Waals surface area contributed by atoms with Gasteiger partial charge in [0.1, 0.15) is 17.7 Å². The number of amides is 3. The third-order valence-corrected chi connectivity index (χ3v) is 11.7. The van der Waals surface area contributed by atoms with Gasteiger partial charge in [0.05, 0.1) is 26.0 Å². The summed E-state index contributed by atoms with van der Waals surface area (Å²) in [5.74, 6) is 0.130. The van der Waals surface area contributed by atoms with E-state index < -0.39 is 44.8 Å². The van der Waals surface area contributed by atoms with Crippen molar-refractivity contribution in [3.63, 3.8) is 0 Å². The van der Waals surface area contributed by atoms with Gasteiger partial charge in [-0.1, -0.05) is 26.0 Å². The van der Waals surface area contributed by atoms with Gasteiger partial charge >= 0.3 is 0 Å². The van der Waals surface area contributed by atoms with E-state index in [0.717, 1.165) is 24.6 Å². The van der Waals surface area contributed by atoms with Crippen molar-refractivity contribution in [1.82, 2.24) is 19.9 Å². The van der Waals surface area contributed by atoms with Crippen molar-refractivity contribution < 1.29 is 37.0 Å². The Morgan fingerprint density at radius 2 is 1.81 bits per heavy atom. The Kier molecular flexibility index (Phi) is 9.12. The largest absolute Gasteiger partial charge is 0.493 e. The molecule has 0 bridgehead atoms. The van der Waals surface area contributed by atoms with E-state index in [-0.39, 0.29) is 43.6 Å². The molecule has 2 aliphatic carbocycles. The first-order valence-electron chi connectivity index (χ1n) is 16.5. The highest BCUT2D eigenvalue weighted by atomic mass is 32.2. The van der Waals surface area contributed by atoms with Crippen molar-refractivity contribution in [1.29, 1.82) is 0 Å². The minimum atomic E-state index is -3.82. The lowest BCUT2D eigenvalue weighted by molar-refractivity contribution is -0.140. The fourth-order valence-corrected chi connectivity index (χ4v) is 8.41. The van der Waals surface area contributed by atoms with Crippen molar-refractivity contribution in [2.45, 2.75) is 88.1 Å². The summed E-state index contributed by atoms with van der Waals surface area (Å²) in [5.41, 5.74) is -1.41. The number of ether oxygens (including phenoxy) is 3. The first kappa shape index (κ1) is 33.0. The monoisotopic (exact) mass is 668 g/mol. The van der Waals surface area contributed by atoms with Gasteiger partial charge in [0.2, 0.25) is 27.7 Å². The number of sulfonamides is 1. The lowest BCUT2D eigenvalue weighted by Gasteiger charge is -2.27. The molecule has 3 heterocycles. The van der Waals surface area contributed by atoms with Crippen LogP contribution in [0, 0.1) is 17.8 Å². The molecular formula is C34H44N4O8S. The standard InChI is InChI=1S/C34H44N4O8S/c1-20-7-5-6-8-23-18-34(23,33(41)37-47(42,43)25-9-10-25)36-31(40)27-16-24(19-38(27)30(39)14-21(2)13-20)46-32-26-17-29(45-4)28(44-3)15-22(26)11-12-35-32/h6,8,11-12,15,17,20-21,23-25,27H,5,7,9-10,13-14,16,18-19H2,1-4H3,(H,36,40)(H,37,41)/b8-6-/t20-,21-,23-,24-,27+,34-/m1/s1. The normalized spacial score (nSPS) is 30.6. The average Bonchev–Trinajstić information content (AvgIpc) is 3.95. The van der Waals surface area contributed by atoms with Gasteiger partial charge in [-0.05, 0) is 73.9 Å². The predicted octanol–water partition coefficient (Wildman–Crippen LogP) is 3.49. The molecule has 2 saturated carbocycles. The van der Waals surface area contributed by atoms with Gasteiger partial charge in [0, 0.05) is 30.3 Å². The van der Waals surface area contributed by atoms with Crippen molar-refractivity contribution in [2.75, 3.05) is 20.8 Å². The number of rotatable bonds is 7. The summed E-state index contributed by atoms with van der Waals surface area (Å²) in [6.45, 7) is 4.38. The summed E-state index contributed by atoms with van der Waals surface area (Å²) >= 11 is 0. The molecule has 0 unspecified atom stereocenters. The van der Waals surface area contributed by atoms with Crippen LogP contribution in [0.15, 0.2) is 36.5 Å². The maximum atomic E-state index is 14.1. The molecule has 1 saturated heterocycles. The highest BCUT2D eigenvalue weighted by Crippen LogP contribution is 2.46. The fourth-order valence-electron chi connectivity index (χ4n) is 7.04. The summed E-state index contributed by atoms with van der Waals surface area (Å²) in [4.78, 5) is 47.5. The zero-order chi connectivity index (χ0) is 33.5. The molecule has 1 aromatic carbocycles. The maximum Gasteiger partial charge on any atom is 0.259 e. The van der Waals surface area contributed by atoms with Crippen LogP contribution < -0.4 is 24.2 Å². The van der Waals surface area contributed by atoms with Crippen LogP contribution in [0.4, 0.5) is 0 Å². The SMILES string of the molecule is COc1cc2ccnc(O[C@@H]3C[C@H]4C(=O)N[C@]5(C(=O)NS(=O)(=O)C6CC6)C[C@H]5/C=C\CC[C@@H](C)C[C@@H](C)CC(=O)N4C3)c2cc1OC. The minimum absolute atomic E-state index is 0.107. The third kappa shape index (κ3) is 6.90. The van der Waals surface area contributed by atoms with Crippen LogP contribution >= 0.6 is 0 Å². The highest BCUT2D eigenvalue weighted by molar-refractivity contribution is 7.91. The van der Waals surface area contributed by atoms with Gasteiger partial charge in [-0.25, -0.2) is 13.4 Å². The number of aromatic nitrogens is 1. The van der Waals surface area contributed by atoms with Crippen molar-refractivity contribution in [3.8, 4) is 17.4 Å². The lowest BCUT2D eigenvalue weighted by Crippen LogP contribution is -2.56. The van der Waals surface area contributed by atoms with Crippen LogP contribution in [0.5, 0.6) is 17.4 Å². The predicted molar refractivity (Wildman–Crippen MR) is 174 cm³/mol. The topological polar surface area (TPSA) is 153 Å². The molecule has 47 heavy (non-hydrogen) atoms. The van der Waals surface area contributed by atoms with Crippen LogP contribution in [0.25, 0.3) is 10.8 Å². The number of pyridine rings is 1. The lowest BCUT2D eigenvalue weighted by atomic mass is 9.91. The number of hydrogen-bond donors (Lipinski definition) is 2. The number of nitrogens with zero attached hydrogens (tertiary/aromatic N) is 2. The zero-order valence-electron chi connectivity index (χ0n) is 27.4. The van der Waals surface area contributed by atoms with Gasteiger partial charge in [-0.2, -0.15) is 0 Å². The molecule has 4 aliphatic rings. The smallest absolute Gasteiger partial charge is 0.259 e. The molecule has 12 nitrogen and oxygen atoms in total. The van der Waals surface area contributed by atoms with Crippen LogP contribution in [-0.4, -0.2) is 79.7 Å². The summed E-state index contributed by atoms with van der Waals surface area (Å²) in [7, 11) is -0.719. The molecule has 6 rings (SSSR count). The first-order chi connectivity index (χ1) is 22.4. The molecule has 2 aliphatic heterocycles. The Labute approximate surface area is 275 Å². The van der Waals surface area contributed by atoms with Crippen LogP contribution in [0.1, 0.15) is 65.2 Å². The number of hydrogen-bond acceptors (Lipinski definition) is 9. The molecule has 13 heteroatoms. The van der Waals surface area contributed by atoms with Crippen molar-refractivity contribution in [3.05, 3.63) is 36.5 Å². The van der Waals surface area contributed by atoms with Crippen LogP contribution in [0.3, 0.4) is 0 Å². The van der Waals surface area contributed by atoms with E-state index >= 15 is 0 Å². The van der Waals surface area contributed by atoms with E-state index in [1.54, 1.807) is 31.4 Å². The van der Waals surface area contributed by atoms with E-state index in [1.165, 1.54) is 0 Å². The Morgan fingerprint density at radius 3 is 2.53 bits per heavy atom. The van der Waals surface area contributed by atoms with Crippen LogP contribution in [-0.2, 0) is 24.4 Å². The summed E-state index contributed by atoms with van der Waals surface area (Å²) < 4.78 is 45.0. The first-order valence-corrected chi connectivity index (χ1v) is 18.0. The minimum Gasteiger partial charge on any atom is -0.493 e. The maximum absolute atomic E-state index is 14.1. The average molecular weight is 669 g/mol. The van der Waals surface area contributed by atoms with E-state index in [4.69, 9.17) is 14.2 Å². The Morgan fingerprint density at radius 1 is 1.06 bits per heavy atom. The number of carbonyl (C=O) groups excluding carboxylic acids is 3. The second-order valence-electron chi connectivity index (χ2n) is 13.7. The zero-order valence-corrected chi connectivity index (χ0v) is 28.2. The van der Waals surface area contributed by atoms with Gasteiger partial charge in [0.25, 0.3) is 5.91 Å².